The highest BCUT2D eigenvalue weighted by molar-refractivity contribution is 5.64. The Hall–Kier alpha value is -5.18. The van der Waals surface area contributed by atoms with Gasteiger partial charge in [0.1, 0.15) is 24.7 Å². The fourth-order valence-corrected chi connectivity index (χ4v) is 6.75. The van der Waals surface area contributed by atoms with Crippen LogP contribution in [0.1, 0.15) is 33.4 Å². The Balaban J connectivity index is 0.975. The van der Waals surface area contributed by atoms with Gasteiger partial charge in [-0.2, -0.15) is 0 Å². The van der Waals surface area contributed by atoms with Gasteiger partial charge in [-0.3, -0.25) is 9.97 Å². The molecule has 2 aromatic heterocycles. The van der Waals surface area contributed by atoms with Gasteiger partial charge in [0.2, 0.25) is 0 Å². The Kier molecular flexibility index (Phi) is 39.9. The normalized spacial score (nSPS) is 11.1. The molecule has 4 rings (SSSR count). The second-order valence-electron chi connectivity index (χ2n) is 17.0. The van der Waals surface area contributed by atoms with Crippen LogP contribution in [0.25, 0.3) is 11.4 Å². The number of rotatable bonds is 49. The van der Waals surface area contributed by atoms with Crippen LogP contribution in [0.5, 0.6) is 11.5 Å². The first-order chi connectivity index (χ1) is 39.6. The second kappa shape index (κ2) is 47.5. The molecule has 0 aliphatic carbocycles. The number of pyridine rings is 2. The van der Waals surface area contributed by atoms with E-state index in [0.717, 1.165) is 56.3 Å². The van der Waals surface area contributed by atoms with E-state index in [2.05, 4.69) is 23.7 Å². The van der Waals surface area contributed by atoms with Crippen LogP contribution in [-0.4, -0.2) is 232 Å². The summed E-state index contributed by atoms with van der Waals surface area (Å²) in [6, 6.07) is 19.3. The molecule has 0 spiro atoms. The van der Waals surface area contributed by atoms with Gasteiger partial charge in [0.15, 0.2) is 0 Å². The first-order valence-corrected chi connectivity index (χ1v) is 27.3. The maximum absolute atomic E-state index is 8.64. The number of aryl methyl sites for hydroxylation is 2. The zero-order valence-electron chi connectivity index (χ0n) is 46.9. The van der Waals surface area contributed by atoms with Gasteiger partial charge in [-0.1, -0.05) is 23.7 Å². The first kappa shape index (κ1) is 67.3. The van der Waals surface area contributed by atoms with E-state index in [4.69, 9.17) is 96.0 Å². The molecular weight excluding hydrogens is 1040 g/mol. The van der Waals surface area contributed by atoms with Crippen molar-refractivity contribution < 1.29 is 86.0 Å². The lowest BCUT2D eigenvalue weighted by atomic mass is 10.0. The van der Waals surface area contributed by atoms with Gasteiger partial charge in [0.05, 0.1) is 210 Å². The summed E-state index contributed by atoms with van der Waals surface area (Å²) in [6.07, 6.45) is 3.55. The molecule has 80 heavy (non-hydrogen) atoms. The summed E-state index contributed by atoms with van der Waals surface area (Å²) >= 11 is 0. The zero-order valence-corrected chi connectivity index (χ0v) is 46.9. The van der Waals surface area contributed by atoms with E-state index in [1.807, 2.05) is 74.5 Å². The number of aromatic nitrogens is 2. The standard InChI is InChI=1S/C60H84N2O18/c1-51-47-55(5-3-53-7-11-57(12-8-53)79-45-43-77-41-39-75-37-35-73-33-31-71-29-27-69-25-23-67-21-19-65-17-15-63)49-61-59(51)60-52(2)48-56(50-62-60)6-4-54-9-13-58(14-10-54)80-46-44-78-42-40-76-38-36-74-34-32-72-30-28-70-26-24-68-22-20-66-18-16-64/h7-14,47-50,63-64H,15-46H2,1-2H3. The Bertz CT molecular complexity index is 2110. The summed E-state index contributed by atoms with van der Waals surface area (Å²) in [5.74, 6) is 14.4. The van der Waals surface area contributed by atoms with Crippen molar-refractivity contribution in [2.45, 2.75) is 13.8 Å². The minimum Gasteiger partial charge on any atom is -0.491 e. The number of ether oxygens (including phenoxy) is 16. The number of hydrogen-bond donors (Lipinski definition) is 2. The average Bonchev–Trinajstić information content (AvgIpc) is 3.48. The van der Waals surface area contributed by atoms with Crippen molar-refractivity contribution in [3.63, 3.8) is 0 Å². The van der Waals surface area contributed by atoms with E-state index < -0.39 is 0 Å². The molecule has 20 heteroatoms. The Labute approximate surface area is 472 Å². The minimum absolute atomic E-state index is 0.0151. The number of aliphatic hydroxyl groups excluding tert-OH is 2. The van der Waals surface area contributed by atoms with Gasteiger partial charge in [0.25, 0.3) is 0 Å². The van der Waals surface area contributed by atoms with E-state index in [1.165, 1.54) is 0 Å². The molecule has 20 nitrogen and oxygen atoms in total. The average molecular weight is 1120 g/mol. The number of aliphatic hydroxyl groups is 2. The van der Waals surface area contributed by atoms with Gasteiger partial charge >= 0.3 is 0 Å². The SMILES string of the molecule is Cc1cc(C#Cc2ccc(OCCOCCOCCOCCOCCOCCOCCOCCO)cc2)cnc1-c1ncc(C#Cc2ccc(OCCOCCOCCOCCOCCOCCOCCOCCO)cc2)cc1C. The Morgan fingerprint density at radius 3 is 0.725 bits per heavy atom. The largest absolute Gasteiger partial charge is 0.491 e. The molecule has 0 radical (unpaired) electrons. The topological polar surface area (TPSA) is 214 Å². The minimum atomic E-state index is 0.0151. The fourth-order valence-electron chi connectivity index (χ4n) is 6.75. The van der Waals surface area contributed by atoms with Gasteiger partial charge < -0.3 is 86.0 Å². The van der Waals surface area contributed by atoms with E-state index >= 15 is 0 Å². The third kappa shape index (κ3) is 34.2. The van der Waals surface area contributed by atoms with Crippen molar-refractivity contribution in [2.24, 2.45) is 0 Å². The maximum atomic E-state index is 8.64. The lowest BCUT2D eigenvalue weighted by Crippen LogP contribution is -2.15. The summed E-state index contributed by atoms with van der Waals surface area (Å²) in [5, 5.41) is 17.3. The van der Waals surface area contributed by atoms with Crippen molar-refractivity contribution >= 4 is 0 Å². The highest BCUT2D eigenvalue weighted by atomic mass is 16.6. The molecule has 0 aliphatic heterocycles. The highest BCUT2D eigenvalue weighted by Crippen LogP contribution is 2.24. The third-order valence-electron chi connectivity index (χ3n) is 10.7. The highest BCUT2D eigenvalue weighted by Gasteiger charge is 2.10. The fraction of sp³-hybridized carbons (Fsp3) is 0.567. The number of benzene rings is 2. The first-order valence-electron chi connectivity index (χ1n) is 27.3. The van der Waals surface area contributed by atoms with Crippen LogP contribution in [0, 0.1) is 37.5 Å². The number of nitrogens with zero attached hydrogens (tertiary/aromatic N) is 2. The van der Waals surface area contributed by atoms with E-state index in [0.29, 0.717) is 198 Å². The molecule has 2 N–H and O–H groups in total. The third-order valence-corrected chi connectivity index (χ3v) is 10.7. The van der Waals surface area contributed by atoms with Crippen LogP contribution in [0.15, 0.2) is 73.1 Å². The smallest absolute Gasteiger partial charge is 0.119 e. The Morgan fingerprint density at radius 1 is 0.287 bits per heavy atom. The van der Waals surface area contributed by atoms with Gasteiger partial charge in [-0.15, -0.1) is 0 Å². The molecule has 4 aromatic rings. The van der Waals surface area contributed by atoms with Crippen LogP contribution in [-0.2, 0) is 66.3 Å². The monoisotopic (exact) mass is 1120 g/mol. The molecule has 0 amide bonds. The predicted molar refractivity (Wildman–Crippen MR) is 298 cm³/mol. The van der Waals surface area contributed by atoms with Crippen LogP contribution >= 0.6 is 0 Å². The number of hydrogen-bond acceptors (Lipinski definition) is 20. The lowest BCUT2D eigenvalue weighted by Gasteiger charge is -2.09. The molecule has 0 saturated heterocycles. The van der Waals surface area contributed by atoms with Gasteiger partial charge in [-0.25, -0.2) is 0 Å². The van der Waals surface area contributed by atoms with Crippen LogP contribution < -0.4 is 9.47 Å². The van der Waals surface area contributed by atoms with E-state index in [1.54, 1.807) is 12.4 Å². The quantitative estimate of drug-likeness (QED) is 0.0459. The summed E-state index contributed by atoms with van der Waals surface area (Å²) in [6.45, 7) is 17.9. The Morgan fingerprint density at radius 2 is 0.500 bits per heavy atom. The summed E-state index contributed by atoms with van der Waals surface area (Å²) in [7, 11) is 0. The molecular formula is C60H84N2O18. The predicted octanol–water partition coefficient (Wildman–Crippen LogP) is 4.53. The molecule has 0 saturated carbocycles. The summed E-state index contributed by atoms with van der Waals surface area (Å²) in [5.41, 5.74) is 6.89. The molecule has 2 heterocycles. The van der Waals surface area contributed by atoms with Crippen LogP contribution in [0.3, 0.4) is 0 Å². The van der Waals surface area contributed by atoms with Crippen molar-refractivity contribution in [2.75, 3.05) is 211 Å². The molecule has 2 aromatic carbocycles. The van der Waals surface area contributed by atoms with Gasteiger partial charge in [0, 0.05) is 34.6 Å². The molecule has 0 unspecified atom stereocenters. The molecule has 0 fully saturated rings. The van der Waals surface area contributed by atoms with Crippen molar-refractivity contribution in [1.29, 1.82) is 0 Å². The van der Waals surface area contributed by atoms with Crippen molar-refractivity contribution in [3.05, 3.63) is 106 Å². The van der Waals surface area contributed by atoms with Crippen LogP contribution in [0.2, 0.25) is 0 Å². The van der Waals surface area contributed by atoms with E-state index in [9.17, 15) is 0 Å². The van der Waals surface area contributed by atoms with Gasteiger partial charge in [-0.05, 0) is 85.6 Å². The lowest BCUT2D eigenvalue weighted by molar-refractivity contribution is -0.0221. The van der Waals surface area contributed by atoms with E-state index in [-0.39, 0.29) is 13.2 Å². The van der Waals surface area contributed by atoms with Crippen molar-refractivity contribution in [1.82, 2.24) is 9.97 Å². The maximum Gasteiger partial charge on any atom is 0.119 e. The van der Waals surface area contributed by atoms with Crippen molar-refractivity contribution in [3.8, 4) is 46.6 Å². The molecule has 0 aliphatic rings. The summed E-state index contributed by atoms with van der Waals surface area (Å²) in [4.78, 5) is 9.48. The molecule has 0 bridgehead atoms. The second-order valence-corrected chi connectivity index (χ2v) is 17.0. The zero-order chi connectivity index (χ0) is 56.4. The van der Waals surface area contributed by atoms with Crippen LogP contribution in [0.4, 0.5) is 0 Å². The molecule has 442 valence electrons. The molecule has 0 atom stereocenters. The summed E-state index contributed by atoms with van der Waals surface area (Å²) < 4.78 is 87.8.